The van der Waals surface area contributed by atoms with Gasteiger partial charge in [0.05, 0.1) is 12.6 Å². The number of nitrogens with two attached hydrogens (primary N) is 1. The van der Waals surface area contributed by atoms with Crippen LogP contribution in [0.2, 0.25) is 0 Å². The summed E-state index contributed by atoms with van der Waals surface area (Å²) >= 11 is 0. The Morgan fingerprint density at radius 1 is 1.16 bits per heavy atom. The Morgan fingerprint density at radius 3 is 2.50 bits per heavy atom. The van der Waals surface area contributed by atoms with Gasteiger partial charge in [-0.05, 0) is 18.9 Å². The fourth-order valence-corrected chi connectivity index (χ4v) is 3.74. The summed E-state index contributed by atoms with van der Waals surface area (Å²) in [6.45, 7) is 5.55. The molecule has 0 bridgehead atoms. The van der Waals surface area contributed by atoms with Crippen molar-refractivity contribution in [3.63, 3.8) is 0 Å². The Balaban J connectivity index is 0.00000363. The van der Waals surface area contributed by atoms with E-state index in [9.17, 15) is 14.7 Å². The van der Waals surface area contributed by atoms with Crippen molar-refractivity contribution in [2.24, 2.45) is 14.1 Å². The van der Waals surface area contributed by atoms with Gasteiger partial charge in [0, 0.05) is 27.1 Å². The van der Waals surface area contributed by atoms with E-state index in [1.165, 1.54) is 17.2 Å². The predicted molar refractivity (Wildman–Crippen MR) is 121 cm³/mol. The van der Waals surface area contributed by atoms with E-state index in [1.807, 2.05) is 25.1 Å². The molecule has 2 unspecified atom stereocenters. The van der Waals surface area contributed by atoms with Crippen molar-refractivity contribution in [1.29, 1.82) is 0 Å². The first-order valence-corrected chi connectivity index (χ1v) is 10.8. The number of aliphatic hydroxyl groups excluding tert-OH is 1. The van der Waals surface area contributed by atoms with Crippen LogP contribution in [0.4, 0.5) is 5.95 Å². The molecule has 0 spiro atoms. The van der Waals surface area contributed by atoms with E-state index in [2.05, 4.69) is 34.7 Å². The van der Waals surface area contributed by atoms with E-state index in [4.69, 9.17) is 0 Å². The van der Waals surface area contributed by atoms with Gasteiger partial charge in [-0.2, -0.15) is 4.98 Å². The molecule has 0 fully saturated rings. The van der Waals surface area contributed by atoms with Crippen molar-refractivity contribution in [3.8, 4) is 0 Å². The molecule has 9 nitrogen and oxygen atoms in total. The van der Waals surface area contributed by atoms with E-state index in [0.29, 0.717) is 36.2 Å². The van der Waals surface area contributed by atoms with E-state index in [0.717, 1.165) is 17.4 Å². The second kappa shape index (κ2) is 11.3. The standard InChI is InChI=1S/C22H32N6O3.ClH/c1-5-11-23-21-25-19-18(20(30)27(4)22(31)26(19)3)28(21)14-17(29)13-24-15(2)12-16-9-7-6-8-10-16;/h6-10,15,17,24,29H,5,11-14H2,1-4H3,(H,23,25);1H. The lowest BCUT2D eigenvalue weighted by Gasteiger charge is -2.17. The summed E-state index contributed by atoms with van der Waals surface area (Å²) < 4.78 is 4.14. The van der Waals surface area contributed by atoms with Gasteiger partial charge in [-0.1, -0.05) is 37.3 Å². The molecule has 2 heterocycles. The number of imidazole rings is 1. The van der Waals surface area contributed by atoms with Crippen molar-refractivity contribution >= 4 is 17.1 Å². The molecule has 176 valence electrons. The topological polar surface area (TPSA) is 111 Å². The largest absolute Gasteiger partial charge is 1.00 e. The van der Waals surface area contributed by atoms with Crippen molar-refractivity contribution in [3.05, 3.63) is 56.7 Å². The summed E-state index contributed by atoms with van der Waals surface area (Å²) in [5.74, 6) is 0.492. The SMILES string of the molecule is CCCNc1nc2c(c(=O)n(C)c(=O)n2C)n1CC(O)C[NH2+]C(C)Cc1ccccc1.[Cl-]. The number of benzene rings is 1. The van der Waals surface area contributed by atoms with Crippen LogP contribution in [0.1, 0.15) is 25.8 Å². The molecule has 0 aliphatic heterocycles. The van der Waals surface area contributed by atoms with Gasteiger partial charge in [0.2, 0.25) is 5.95 Å². The normalized spacial score (nSPS) is 13.0. The molecule has 0 saturated heterocycles. The zero-order valence-corrected chi connectivity index (χ0v) is 19.8. The minimum absolute atomic E-state index is 0. The highest BCUT2D eigenvalue weighted by atomic mass is 35.5. The van der Waals surface area contributed by atoms with Crippen LogP contribution in [0.25, 0.3) is 11.2 Å². The van der Waals surface area contributed by atoms with Crippen LogP contribution in [0, 0.1) is 0 Å². The number of nitrogens with zero attached hydrogens (tertiary/aromatic N) is 4. The number of aromatic nitrogens is 4. The Morgan fingerprint density at radius 2 is 1.84 bits per heavy atom. The minimum atomic E-state index is -0.681. The van der Waals surface area contributed by atoms with E-state index in [1.54, 1.807) is 11.6 Å². The zero-order chi connectivity index (χ0) is 22.5. The van der Waals surface area contributed by atoms with Crippen LogP contribution in [0.15, 0.2) is 39.9 Å². The molecule has 0 aliphatic rings. The first kappa shape index (κ1) is 25.6. The fraction of sp³-hybridized carbons (Fsp3) is 0.500. The van der Waals surface area contributed by atoms with Crippen molar-refractivity contribution in [2.45, 2.75) is 45.4 Å². The Hall–Kier alpha value is -2.62. The third-order valence-corrected chi connectivity index (χ3v) is 5.49. The quantitative estimate of drug-likeness (QED) is 0.293. The van der Waals surface area contributed by atoms with Crippen LogP contribution in [-0.2, 0) is 27.1 Å². The van der Waals surface area contributed by atoms with Crippen LogP contribution < -0.4 is 34.3 Å². The number of rotatable bonds is 10. The summed E-state index contributed by atoms with van der Waals surface area (Å²) in [6.07, 6.45) is 1.11. The van der Waals surface area contributed by atoms with Gasteiger partial charge in [0.25, 0.3) is 5.56 Å². The number of fused-ring (bicyclic) bond motifs is 1. The number of aryl methyl sites for hydroxylation is 1. The van der Waals surface area contributed by atoms with Gasteiger partial charge in [0.15, 0.2) is 11.2 Å². The number of hydrogen-bond donors (Lipinski definition) is 3. The Bertz CT molecular complexity index is 1140. The van der Waals surface area contributed by atoms with Gasteiger partial charge in [-0.25, -0.2) is 4.79 Å². The number of aliphatic hydroxyl groups is 1. The maximum absolute atomic E-state index is 12.8. The first-order valence-electron chi connectivity index (χ1n) is 10.8. The van der Waals surface area contributed by atoms with Gasteiger partial charge in [-0.15, -0.1) is 0 Å². The number of halogens is 1. The number of anilines is 1. The van der Waals surface area contributed by atoms with Gasteiger partial charge < -0.3 is 32.7 Å². The molecule has 32 heavy (non-hydrogen) atoms. The molecule has 3 rings (SSSR count). The first-order chi connectivity index (χ1) is 14.8. The highest BCUT2D eigenvalue weighted by molar-refractivity contribution is 5.74. The summed E-state index contributed by atoms with van der Waals surface area (Å²) in [4.78, 5) is 29.6. The lowest BCUT2D eigenvalue weighted by molar-refractivity contribution is -0.691. The van der Waals surface area contributed by atoms with Crippen molar-refractivity contribution < 1.29 is 22.8 Å². The summed E-state index contributed by atoms with van der Waals surface area (Å²) in [6, 6.07) is 10.6. The smallest absolute Gasteiger partial charge is 0.332 e. The highest BCUT2D eigenvalue weighted by Gasteiger charge is 2.21. The number of nitrogens with one attached hydrogen (secondary N) is 1. The summed E-state index contributed by atoms with van der Waals surface area (Å²) in [5.41, 5.74) is 1.06. The zero-order valence-electron chi connectivity index (χ0n) is 19.1. The molecule has 0 aliphatic carbocycles. The van der Waals surface area contributed by atoms with E-state index < -0.39 is 17.4 Å². The van der Waals surface area contributed by atoms with Gasteiger partial charge in [0.1, 0.15) is 12.6 Å². The lowest BCUT2D eigenvalue weighted by atomic mass is 10.1. The maximum Gasteiger partial charge on any atom is 0.332 e. The average molecular weight is 465 g/mol. The fourth-order valence-electron chi connectivity index (χ4n) is 3.74. The highest BCUT2D eigenvalue weighted by Crippen LogP contribution is 2.16. The van der Waals surface area contributed by atoms with E-state index >= 15 is 0 Å². The molecule has 2 atom stereocenters. The molecule has 1 aromatic carbocycles. The second-order valence-corrected chi connectivity index (χ2v) is 8.14. The second-order valence-electron chi connectivity index (χ2n) is 8.14. The van der Waals surface area contributed by atoms with Crippen LogP contribution >= 0.6 is 0 Å². The number of quaternary nitrogens is 1. The lowest BCUT2D eigenvalue weighted by Crippen LogP contribution is -3.00. The minimum Gasteiger partial charge on any atom is -1.00 e. The molecule has 10 heteroatoms. The molecular weight excluding hydrogens is 432 g/mol. The monoisotopic (exact) mass is 464 g/mol. The molecule has 2 aromatic heterocycles. The molecule has 4 N–H and O–H groups in total. The average Bonchev–Trinajstić information content (AvgIpc) is 3.12. The third kappa shape index (κ3) is 5.59. The molecule has 0 amide bonds. The third-order valence-electron chi connectivity index (χ3n) is 5.49. The maximum atomic E-state index is 12.8. The molecular formula is C22H33ClN6O3. The molecule has 0 saturated carbocycles. The Kier molecular flexibility index (Phi) is 9.06. The summed E-state index contributed by atoms with van der Waals surface area (Å²) in [7, 11) is 3.05. The molecule has 0 radical (unpaired) electrons. The van der Waals surface area contributed by atoms with Crippen molar-refractivity contribution in [2.75, 3.05) is 18.4 Å². The summed E-state index contributed by atoms with van der Waals surface area (Å²) in [5, 5.41) is 16.1. The van der Waals surface area contributed by atoms with E-state index in [-0.39, 0.29) is 19.0 Å². The van der Waals surface area contributed by atoms with Gasteiger partial charge in [-0.3, -0.25) is 13.9 Å². The van der Waals surface area contributed by atoms with Gasteiger partial charge >= 0.3 is 5.69 Å². The molecule has 3 aromatic rings. The Labute approximate surface area is 193 Å². The van der Waals surface area contributed by atoms with Crippen molar-refractivity contribution in [1.82, 2.24) is 18.7 Å². The van der Waals surface area contributed by atoms with Crippen LogP contribution in [0.5, 0.6) is 0 Å². The predicted octanol–water partition coefficient (Wildman–Crippen LogP) is -3.18. The number of hydrogen-bond acceptors (Lipinski definition) is 5. The van der Waals surface area contributed by atoms with Crippen LogP contribution in [-0.4, -0.2) is 49.0 Å². The van der Waals surface area contributed by atoms with Crippen LogP contribution in [0.3, 0.4) is 0 Å².